The van der Waals surface area contributed by atoms with E-state index in [1.54, 1.807) is 30.3 Å². The number of furan rings is 1. The second kappa shape index (κ2) is 7.05. The summed E-state index contributed by atoms with van der Waals surface area (Å²) in [4.78, 5) is 23.6. The number of methoxy groups -OCH3 is 1. The van der Waals surface area contributed by atoms with E-state index in [1.165, 1.54) is 13.2 Å². The Morgan fingerprint density at radius 2 is 1.96 bits per heavy atom. The number of fused-ring (bicyclic) bond motifs is 1. The van der Waals surface area contributed by atoms with Gasteiger partial charge in [0, 0.05) is 17.1 Å². The first kappa shape index (κ1) is 16.5. The number of rotatable bonds is 4. The molecule has 126 valence electrons. The quantitative estimate of drug-likeness (QED) is 0.574. The summed E-state index contributed by atoms with van der Waals surface area (Å²) >= 11 is 0. The van der Waals surface area contributed by atoms with Crippen molar-refractivity contribution in [2.24, 2.45) is 0 Å². The molecule has 0 atom stereocenters. The van der Waals surface area contributed by atoms with Crippen LogP contribution in [-0.4, -0.2) is 19.0 Å². The summed E-state index contributed by atoms with van der Waals surface area (Å²) in [6.07, 6.45) is 2.99. The lowest BCUT2D eigenvalue weighted by Gasteiger charge is -2.04. The molecule has 3 aromatic rings. The average Bonchev–Trinajstić information content (AvgIpc) is 3.01. The molecule has 0 aliphatic rings. The molecule has 0 saturated heterocycles. The lowest BCUT2D eigenvalue weighted by atomic mass is 10.2. The fourth-order valence-electron chi connectivity index (χ4n) is 2.42. The topological polar surface area (TPSA) is 68.5 Å². The lowest BCUT2D eigenvalue weighted by Crippen LogP contribution is -2.09. The summed E-state index contributed by atoms with van der Waals surface area (Å²) in [6, 6.07) is 14.3. The van der Waals surface area contributed by atoms with E-state index in [4.69, 9.17) is 4.42 Å². The number of hydrogen-bond acceptors (Lipinski definition) is 4. The van der Waals surface area contributed by atoms with Gasteiger partial charge in [0.15, 0.2) is 0 Å². The smallest absolute Gasteiger partial charge is 0.337 e. The molecule has 3 rings (SSSR count). The molecule has 25 heavy (non-hydrogen) atoms. The van der Waals surface area contributed by atoms with Crippen LogP contribution in [0.15, 0.2) is 59.0 Å². The summed E-state index contributed by atoms with van der Waals surface area (Å²) in [5.41, 5.74) is 2.78. The Morgan fingerprint density at radius 1 is 1.12 bits per heavy atom. The number of hydrogen-bond donors (Lipinski definition) is 1. The zero-order valence-electron chi connectivity index (χ0n) is 13.9. The Morgan fingerprint density at radius 3 is 2.76 bits per heavy atom. The second-order valence-corrected chi connectivity index (χ2v) is 5.59. The first-order valence-corrected chi connectivity index (χ1v) is 7.73. The number of ether oxygens (including phenoxy) is 1. The Bertz CT molecular complexity index is 969. The molecule has 5 heteroatoms. The Hall–Kier alpha value is -3.34. The van der Waals surface area contributed by atoms with Gasteiger partial charge in [-0.2, -0.15) is 0 Å². The molecule has 0 spiro atoms. The van der Waals surface area contributed by atoms with Crippen molar-refractivity contribution in [3.63, 3.8) is 0 Å². The van der Waals surface area contributed by atoms with Crippen LogP contribution in [0.3, 0.4) is 0 Å². The van der Waals surface area contributed by atoms with E-state index in [-0.39, 0.29) is 5.91 Å². The predicted molar refractivity (Wildman–Crippen MR) is 96.4 cm³/mol. The van der Waals surface area contributed by atoms with Crippen LogP contribution in [0.4, 0.5) is 5.69 Å². The Balaban J connectivity index is 1.71. The van der Waals surface area contributed by atoms with Gasteiger partial charge in [-0.1, -0.05) is 18.2 Å². The molecule has 0 bridgehead atoms. The van der Waals surface area contributed by atoms with Crippen molar-refractivity contribution in [2.75, 3.05) is 12.4 Å². The van der Waals surface area contributed by atoms with Gasteiger partial charge in [0.05, 0.1) is 12.7 Å². The van der Waals surface area contributed by atoms with Gasteiger partial charge in [-0.15, -0.1) is 0 Å². The molecular weight excluding hydrogens is 318 g/mol. The number of anilines is 1. The number of esters is 1. The fraction of sp³-hybridized carbons (Fsp3) is 0.100. The number of nitrogens with one attached hydrogen (secondary N) is 1. The van der Waals surface area contributed by atoms with Crippen molar-refractivity contribution < 1.29 is 18.7 Å². The molecule has 0 aliphatic heterocycles. The zero-order chi connectivity index (χ0) is 17.8. The van der Waals surface area contributed by atoms with Gasteiger partial charge < -0.3 is 14.5 Å². The molecule has 5 nitrogen and oxygen atoms in total. The first-order chi connectivity index (χ1) is 12.0. The highest BCUT2D eigenvalue weighted by Gasteiger charge is 2.07. The third kappa shape index (κ3) is 3.95. The van der Waals surface area contributed by atoms with Crippen LogP contribution in [0.1, 0.15) is 21.7 Å². The molecule has 0 fully saturated rings. The van der Waals surface area contributed by atoms with Crippen LogP contribution < -0.4 is 5.32 Å². The number of benzene rings is 2. The molecule has 0 aliphatic carbocycles. The van der Waals surface area contributed by atoms with E-state index in [0.29, 0.717) is 17.0 Å². The van der Waals surface area contributed by atoms with Crippen LogP contribution in [0.5, 0.6) is 0 Å². The Labute approximate surface area is 144 Å². The van der Waals surface area contributed by atoms with Crippen LogP contribution in [-0.2, 0) is 9.53 Å². The van der Waals surface area contributed by atoms with E-state index >= 15 is 0 Å². The van der Waals surface area contributed by atoms with E-state index in [0.717, 1.165) is 16.5 Å². The van der Waals surface area contributed by atoms with E-state index in [1.807, 2.05) is 31.2 Å². The highest BCUT2D eigenvalue weighted by molar-refractivity contribution is 6.02. The normalized spacial score (nSPS) is 11.0. The van der Waals surface area contributed by atoms with E-state index in [2.05, 4.69) is 10.1 Å². The minimum atomic E-state index is -0.454. The number of carbonyl (C=O) groups is 2. The predicted octanol–water partition coefficient (Wildman–Crippen LogP) is 4.18. The maximum absolute atomic E-state index is 12.1. The highest BCUT2D eigenvalue weighted by Crippen LogP contribution is 2.21. The van der Waals surface area contributed by atoms with Crippen molar-refractivity contribution >= 4 is 34.6 Å². The largest absolute Gasteiger partial charge is 0.465 e. The van der Waals surface area contributed by atoms with Crippen LogP contribution >= 0.6 is 0 Å². The molecule has 0 radical (unpaired) electrons. The maximum Gasteiger partial charge on any atom is 0.337 e. The number of amides is 1. The van der Waals surface area contributed by atoms with E-state index in [9.17, 15) is 9.59 Å². The summed E-state index contributed by atoms with van der Waals surface area (Å²) < 4.78 is 10.3. The molecule has 0 unspecified atom stereocenters. The van der Waals surface area contributed by atoms with Crippen molar-refractivity contribution in [1.82, 2.24) is 0 Å². The van der Waals surface area contributed by atoms with Crippen LogP contribution in [0.2, 0.25) is 0 Å². The van der Waals surface area contributed by atoms with Crippen molar-refractivity contribution in [3.05, 3.63) is 71.5 Å². The average molecular weight is 335 g/mol. The second-order valence-electron chi connectivity index (χ2n) is 5.59. The molecule has 1 amide bonds. The van der Waals surface area contributed by atoms with Gasteiger partial charge in [-0.05, 0) is 48.9 Å². The van der Waals surface area contributed by atoms with Crippen molar-refractivity contribution in [3.8, 4) is 0 Å². The van der Waals surface area contributed by atoms with Gasteiger partial charge in [-0.25, -0.2) is 4.79 Å². The van der Waals surface area contributed by atoms with Crippen molar-refractivity contribution in [2.45, 2.75) is 6.92 Å². The minimum Gasteiger partial charge on any atom is -0.465 e. The molecule has 0 saturated carbocycles. The van der Waals surface area contributed by atoms with Crippen molar-refractivity contribution in [1.29, 1.82) is 0 Å². The molecule has 2 aromatic carbocycles. The summed E-state index contributed by atoms with van der Waals surface area (Å²) in [5, 5.41) is 3.68. The first-order valence-electron chi connectivity index (χ1n) is 7.73. The number of aryl methyl sites for hydroxylation is 1. The minimum absolute atomic E-state index is 0.321. The monoisotopic (exact) mass is 335 g/mol. The van der Waals surface area contributed by atoms with Gasteiger partial charge in [0.25, 0.3) is 0 Å². The van der Waals surface area contributed by atoms with Gasteiger partial charge in [0.1, 0.15) is 11.3 Å². The third-order valence-corrected chi connectivity index (χ3v) is 3.64. The molecule has 1 aromatic heterocycles. The molecule has 1 N–H and O–H groups in total. The molecule has 1 heterocycles. The fourth-order valence-corrected chi connectivity index (χ4v) is 2.42. The van der Waals surface area contributed by atoms with Gasteiger partial charge >= 0.3 is 5.97 Å². The summed E-state index contributed by atoms with van der Waals surface area (Å²) in [7, 11) is 1.31. The van der Waals surface area contributed by atoms with Gasteiger partial charge in [0.2, 0.25) is 5.91 Å². The third-order valence-electron chi connectivity index (χ3n) is 3.64. The molecular formula is C20H17NO4. The summed E-state index contributed by atoms with van der Waals surface area (Å²) in [6.45, 7) is 1.99. The zero-order valence-corrected chi connectivity index (χ0v) is 13.9. The number of carbonyl (C=O) groups excluding carboxylic acids is 2. The highest BCUT2D eigenvalue weighted by atomic mass is 16.5. The van der Waals surface area contributed by atoms with Crippen LogP contribution in [0, 0.1) is 6.92 Å². The van der Waals surface area contributed by atoms with Gasteiger partial charge in [-0.3, -0.25) is 4.79 Å². The summed E-state index contributed by atoms with van der Waals surface area (Å²) in [5.74, 6) is -0.179. The maximum atomic E-state index is 12.1. The lowest BCUT2D eigenvalue weighted by molar-refractivity contribution is -0.111. The Kier molecular flexibility index (Phi) is 4.66. The SMILES string of the molecule is COC(=O)c1cccc(NC(=O)/C=C/c2cc3ccc(C)cc3o2)c1. The standard InChI is InChI=1S/C20H17NO4/c1-13-6-7-14-12-17(25-18(14)10-13)8-9-19(22)21-16-5-3-4-15(11-16)20(23)24-2/h3-12H,1-2H3,(H,21,22)/b9-8+. The van der Waals surface area contributed by atoms with E-state index < -0.39 is 5.97 Å². The van der Waals surface area contributed by atoms with Crippen LogP contribution in [0.25, 0.3) is 17.0 Å².